The maximum atomic E-state index is 14.2. The summed E-state index contributed by atoms with van der Waals surface area (Å²) in [5.74, 6) is -2.04. The Balaban J connectivity index is 1.87. The van der Waals surface area contributed by atoms with Gasteiger partial charge in [0.1, 0.15) is 6.61 Å². The number of halogens is 3. The molecule has 31 heavy (non-hydrogen) atoms. The van der Waals surface area contributed by atoms with Gasteiger partial charge in [-0.3, -0.25) is 4.79 Å². The van der Waals surface area contributed by atoms with E-state index in [0.29, 0.717) is 12.8 Å². The predicted octanol–water partition coefficient (Wildman–Crippen LogP) is 4.21. The minimum absolute atomic E-state index is 0.0234. The second-order valence-corrected chi connectivity index (χ2v) is 7.36. The van der Waals surface area contributed by atoms with Crippen molar-refractivity contribution in [2.24, 2.45) is 0 Å². The monoisotopic (exact) mass is 435 g/mol. The molecule has 0 aliphatic carbocycles. The molecule has 0 N–H and O–H groups in total. The summed E-state index contributed by atoms with van der Waals surface area (Å²) in [6.07, 6.45) is -4.06. The van der Waals surface area contributed by atoms with E-state index in [1.165, 1.54) is 24.3 Å². The number of amides is 1. The minimum Gasteiger partial charge on any atom is -0.459 e. The van der Waals surface area contributed by atoms with Crippen LogP contribution >= 0.6 is 0 Å². The van der Waals surface area contributed by atoms with E-state index >= 15 is 0 Å². The average molecular weight is 435 g/mol. The summed E-state index contributed by atoms with van der Waals surface area (Å²) in [5.41, 5.74) is -2.80. The highest BCUT2D eigenvalue weighted by molar-refractivity contribution is 5.96. The molecular weight excluding hydrogens is 411 g/mol. The van der Waals surface area contributed by atoms with Gasteiger partial charge in [0.05, 0.1) is 6.04 Å². The molecule has 1 amide bonds. The normalized spacial score (nSPS) is 20.1. The maximum absolute atomic E-state index is 14.2. The summed E-state index contributed by atoms with van der Waals surface area (Å²) < 4.78 is 52.8. The molecule has 0 saturated carbocycles. The van der Waals surface area contributed by atoms with E-state index in [0.717, 1.165) is 17.6 Å². The Hall–Kier alpha value is -2.87. The average Bonchev–Trinajstić information content (AvgIpc) is 3.47. The number of ether oxygens (including phenoxy) is 2. The van der Waals surface area contributed by atoms with Crippen LogP contribution in [0.1, 0.15) is 30.9 Å². The summed E-state index contributed by atoms with van der Waals surface area (Å²) in [7, 11) is 0.847. The number of carbonyl (C=O) groups excluding carboxylic acids is 2. The fourth-order valence-corrected chi connectivity index (χ4v) is 3.82. The SMILES string of the molecule is CCC[C@@H]1[C@H](C(=O)OCc2ccccc2)N1C(=O)[C@@](OC)(c1ccccc1)C(F)(F)F. The van der Waals surface area contributed by atoms with Gasteiger partial charge in [0, 0.05) is 12.7 Å². The van der Waals surface area contributed by atoms with Crippen LogP contribution in [0.25, 0.3) is 0 Å². The molecule has 2 aromatic carbocycles. The van der Waals surface area contributed by atoms with Gasteiger partial charge < -0.3 is 14.4 Å². The summed E-state index contributed by atoms with van der Waals surface area (Å²) >= 11 is 0. The highest BCUT2D eigenvalue weighted by Gasteiger charge is 2.69. The highest BCUT2D eigenvalue weighted by Crippen LogP contribution is 2.47. The van der Waals surface area contributed by atoms with E-state index in [1.54, 1.807) is 30.3 Å². The van der Waals surface area contributed by atoms with Crippen LogP contribution in [0.4, 0.5) is 13.2 Å². The van der Waals surface area contributed by atoms with Crippen molar-refractivity contribution < 1.29 is 32.2 Å². The van der Waals surface area contributed by atoms with Crippen molar-refractivity contribution in [3.63, 3.8) is 0 Å². The molecule has 0 unspecified atom stereocenters. The van der Waals surface area contributed by atoms with Crippen LogP contribution in [0.15, 0.2) is 60.7 Å². The summed E-state index contributed by atoms with van der Waals surface area (Å²) in [4.78, 5) is 26.8. The van der Waals surface area contributed by atoms with Gasteiger partial charge in [-0.1, -0.05) is 74.0 Å². The largest absolute Gasteiger partial charge is 0.459 e. The fourth-order valence-electron chi connectivity index (χ4n) is 3.82. The van der Waals surface area contributed by atoms with Crippen molar-refractivity contribution in [3.8, 4) is 0 Å². The molecule has 5 nitrogen and oxygen atoms in total. The Morgan fingerprint density at radius 2 is 1.58 bits per heavy atom. The standard InChI is InChI=1S/C23H24F3NO4/c1-3-10-18-19(20(28)31-15-16-11-6-4-7-12-16)27(18)21(29)22(30-2,23(24,25)26)17-13-8-5-9-14-17/h4-9,11-14,18-19H,3,10,15H2,1-2H3/t18-,19-,22+,27?/m1/s1. The van der Waals surface area contributed by atoms with Crippen molar-refractivity contribution in [1.29, 1.82) is 0 Å². The van der Waals surface area contributed by atoms with E-state index in [4.69, 9.17) is 9.47 Å². The second-order valence-electron chi connectivity index (χ2n) is 7.36. The molecule has 1 aliphatic rings. The van der Waals surface area contributed by atoms with Crippen LogP contribution in [0.2, 0.25) is 0 Å². The molecule has 1 saturated heterocycles. The Labute approximate surface area is 178 Å². The molecule has 8 heteroatoms. The number of hydrogen-bond donors (Lipinski definition) is 0. The van der Waals surface area contributed by atoms with Crippen molar-refractivity contribution in [2.45, 2.75) is 50.2 Å². The topological polar surface area (TPSA) is 55.6 Å². The number of alkyl halides is 3. The molecule has 0 bridgehead atoms. The molecule has 2 aromatic rings. The van der Waals surface area contributed by atoms with Gasteiger partial charge in [-0.05, 0) is 12.0 Å². The van der Waals surface area contributed by atoms with Crippen LogP contribution in [0, 0.1) is 0 Å². The zero-order valence-corrected chi connectivity index (χ0v) is 17.3. The molecule has 1 aliphatic heterocycles. The third kappa shape index (κ3) is 4.30. The first-order chi connectivity index (χ1) is 14.8. The van der Waals surface area contributed by atoms with E-state index in [-0.39, 0.29) is 12.2 Å². The lowest BCUT2D eigenvalue weighted by Gasteiger charge is -2.33. The second kappa shape index (κ2) is 9.09. The van der Waals surface area contributed by atoms with Crippen LogP contribution < -0.4 is 0 Å². The van der Waals surface area contributed by atoms with Crippen molar-refractivity contribution in [3.05, 3.63) is 71.8 Å². The lowest BCUT2D eigenvalue weighted by molar-refractivity contribution is -0.268. The van der Waals surface area contributed by atoms with E-state index in [2.05, 4.69) is 0 Å². The molecule has 166 valence electrons. The Morgan fingerprint density at radius 1 is 1.00 bits per heavy atom. The fraction of sp³-hybridized carbons (Fsp3) is 0.391. The summed E-state index contributed by atoms with van der Waals surface area (Å²) in [6.45, 7) is 1.81. The third-order valence-electron chi connectivity index (χ3n) is 5.40. The maximum Gasteiger partial charge on any atom is 0.430 e. The molecule has 1 heterocycles. The smallest absolute Gasteiger partial charge is 0.430 e. The first-order valence-corrected chi connectivity index (χ1v) is 9.98. The van der Waals surface area contributed by atoms with Crippen LogP contribution in [-0.2, 0) is 31.3 Å². The van der Waals surface area contributed by atoms with Crippen LogP contribution in [0.5, 0.6) is 0 Å². The first-order valence-electron chi connectivity index (χ1n) is 9.98. The molecule has 0 spiro atoms. The first kappa shape index (κ1) is 22.8. The minimum atomic E-state index is -5.03. The highest BCUT2D eigenvalue weighted by atomic mass is 19.4. The number of benzene rings is 2. The Bertz CT molecular complexity index is 904. The molecule has 3 rings (SSSR count). The molecule has 0 aromatic heterocycles. The zero-order chi connectivity index (χ0) is 22.6. The quantitative estimate of drug-likeness (QED) is 0.460. The van der Waals surface area contributed by atoms with Gasteiger partial charge in [0.2, 0.25) is 0 Å². The van der Waals surface area contributed by atoms with Gasteiger partial charge >= 0.3 is 12.1 Å². The summed E-state index contributed by atoms with van der Waals surface area (Å²) in [5, 5.41) is 0. The van der Waals surface area contributed by atoms with Gasteiger partial charge in [0.25, 0.3) is 11.5 Å². The molecule has 0 radical (unpaired) electrons. The van der Waals surface area contributed by atoms with E-state index in [1.807, 2.05) is 13.0 Å². The number of esters is 1. The van der Waals surface area contributed by atoms with E-state index < -0.39 is 35.7 Å². The van der Waals surface area contributed by atoms with Gasteiger partial charge in [0.15, 0.2) is 6.04 Å². The van der Waals surface area contributed by atoms with Crippen molar-refractivity contribution in [2.75, 3.05) is 7.11 Å². The number of carbonyl (C=O) groups is 2. The lowest BCUT2D eigenvalue weighted by atomic mass is 9.91. The van der Waals surface area contributed by atoms with Gasteiger partial charge in [-0.25, -0.2) is 4.79 Å². The number of rotatable bonds is 8. The molecule has 1 fully saturated rings. The zero-order valence-electron chi connectivity index (χ0n) is 17.3. The van der Waals surface area contributed by atoms with Crippen LogP contribution in [0.3, 0.4) is 0 Å². The third-order valence-corrected chi connectivity index (χ3v) is 5.40. The van der Waals surface area contributed by atoms with E-state index in [9.17, 15) is 22.8 Å². The number of hydrogen-bond acceptors (Lipinski definition) is 4. The predicted molar refractivity (Wildman–Crippen MR) is 107 cm³/mol. The number of nitrogens with zero attached hydrogens (tertiary/aromatic N) is 1. The Kier molecular flexibility index (Phi) is 6.69. The van der Waals surface area contributed by atoms with Gasteiger partial charge in [-0.2, -0.15) is 13.2 Å². The molecular formula is C23H24F3NO4. The molecule has 3 atom stereocenters. The van der Waals surface area contributed by atoms with Gasteiger partial charge in [-0.15, -0.1) is 0 Å². The van der Waals surface area contributed by atoms with Crippen molar-refractivity contribution in [1.82, 2.24) is 4.90 Å². The van der Waals surface area contributed by atoms with Crippen LogP contribution in [-0.4, -0.2) is 42.1 Å². The van der Waals surface area contributed by atoms with Crippen molar-refractivity contribution >= 4 is 11.9 Å². The summed E-state index contributed by atoms with van der Waals surface area (Å²) in [6, 6.07) is 13.9. The Morgan fingerprint density at radius 3 is 2.10 bits per heavy atom. The number of methoxy groups -OCH3 is 1. The lowest BCUT2D eigenvalue weighted by Crippen LogP contribution is -2.54.